The number of rotatable bonds is 5. The largest absolute Gasteiger partial charge is 0.479 e. The number of carbonyl (C=O) groups is 2. The number of carboxylic acid groups (broad SMARTS) is 1. The molecule has 1 aromatic heterocycles. The molecule has 0 fully saturated rings. The van der Waals surface area contributed by atoms with Gasteiger partial charge in [0, 0.05) is 0 Å². The van der Waals surface area contributed by atoms with Crippen LogP contribution in [0.5, 0.6) is 0 Å². The molecular formula is C8H8N2O4S. The van der Waals surface area contributed by atoms with Crippen LogP contribution in [0.15, 0.2) is 22.7 Å². The molecule has 0 radical (unpaired) electrons. The zero-order valence-corrected chi connectivity index (χ0v) is 8.36. The Morgan fingerprint density at radius 2 is 2.33 bits per heavy atom. The Bertz CT molecular complexity index is 385. The predicted octanol–water partition coefficient (Wildman–Crippen LogP) is 0.0387. The van der Waals surface area contributed by atoms with E-state index in [4.69, 9.17) is 10.8 Å². The molecule has 6 nitrogen and oxygen atoms in total. The summed E-state index contributed by atoms with van der Waals surface area (Å²) in [5, 5.41) is 13.4. The first-order valence-corrected chi connectivity index (χ1v) is 4.74. The molecule has 3 N–H and O–H groups in total. The highest BCUT2D eigenvalue weighted by Crippen LogP contribution is 2.10. The highest BCUT2D eigenvalue weighted by atomic mass is 32.1. The summed E-state index contributed by atoms with van der Waals surface area (Å²) in [6, 6.07) is 3.36. The molecular weight excluding hydrogens is 220 g/mol. The van der Waals surface area contributed by atoms with Gasteiger partial charge in [0.05, 0.1) is 4.88 Å². The number of nitrogens with two attached hydrogens (primary N) is 1. The van der Waals surface area contributed by atoms with E-state index in [-0.39, 0.29) is 5.71 Å². The second-order valence-electron chi connectivity index (χ2n) is 2.45. The molecule has 1 aromatic rings. The summed E-state index contributed by atoms with van der Waals surface area (Å²) >= 11 is 1.26. The number of primary amides is 1. The number of carbonyl (C=O) groups excluding carboxylic acids is 1. The van der Waals surface area contributed by atoms with E-state index in [0.29, 0.717) is 4.88 Å². The number of amides is 1. The van der Waals surface area contributed by atoms with Crippen molar-refractivity contribution in [1.82, 2.24) is 0 Å². The average molecular weight is 228 g/mol. The van der Waals surface area contributed by atoms with Crippen LogP contribution >= 0.6 is 11.3 Å². The molecule has 0 spiro atoms. The zero-order chi connectivity index (χ0) is 11.3. The molecule has 0 bridgehead atoms. The van der Waals surface area contributed by atoms with Crippen LogP contribution in [-0.4, -0.2) is 29.3 Å². The van der Waals surface area contributed by atoms with Gasteiger partial charge in [-0.15, -0.1) is 11.3 Å². The van der Waals surface area contributed by atoms with Crippen molar-refractivity contribution in [3.05, 3.63) is 22.4 Å². The van der Waals surface area contributed by atoms with E-state index in [1.54, 1.807) is 17.5 Å². The predicted molar refractivity (Wildman–Crippen MR) is 53.6 cm³/mol. The zero-order valence-electron chi connectivity index (χ0n) is 7.54. The highest BCUT2D eigenvalue weighted by Gasteiger charge is 2.12. The molecule has 0 saturated carbocycles. The first-order valence-electron chi connectivity index (χ1n) is 3.86. The van der Waals surface area contributed by atoms with Crippen molar-refractivity contribution in [1.29, 1.82) is 0 Å². The van der Waals surface area contributed by atoms with Crippen LogP contribution in [0.3, 0.4) is 0 Å². The van der Waals surface area contributed by atoms with Crippen molar-refractivity contribution < 1.29 is 19.5 Å². The van der Waals surface area contributed by atoms with Gasteiger partial charge in [-0.1, -0.05) is 11.2 Å². The maximum atomic E-state index is 10.9. The molecule has 1 rings (SSSR count). The quantitative estimate of drug-likeness (QED) is 0.548. The molecule has 0 aliphatic carbocycles. The molecule has 7 heteroatoms. The van der Waals surface area contributed by atoms with Gasteiger partial charge in [-0.25, -0.2) is 4.79 Å². The van der Waals surface area contributed by atoms with Crippen molar-refractivity contribution in [2.45, 2.75) is 0 Å². The van der Waals surface area contributed by atoms with Gasteiger partial charge in [-0.2, -0.15) is 0 Å². The number of hydrogen-bond acceptors (Lipinski definition) is 5. The number of oxime groups is 1. The van der Waals surface area contributed by atoms with Crippen molar-refractivity contribution in [2.75, 3.05) is 6.61 Å². The fourth-order valence-electron chi connectivity index (χ4n) is 0.777. The number of thiophene rings is 1. The summed E-state index contributed by atoms with van der Waals surface area (Å²) in [5.74, 6) is -1.93. The summed E-state index contributed by atoms with van der Waals surface area (Å²) in [6.07, 6.45) is 0. The van der Waals surface area contributed by atoms with Gasteiger partial charge in [0.2, 0.25) is 6.61 Å². The Labute approximate surface area is 89.0 Å². The summed E-state index contributed by atoms with van der Waals surface area (Å²) in [4.78, 5) is 26.0. The van der Waals surface area contributed by atoms with E-state index in [1.165, 1.54) is 11.3 Å². The minimum Gasteiger partial charge on any atom is -0.479 e. The lowest BCUT2D eigenvalue weighted by Gasteiger charge is -1.98. The summed E-state index contributed by atoms with van der Waals surface area (Å²) in [5.41, 5.74) is 4.98. The Morgan fingerprint density at radius 3 is 2.80 bits per heavy atom. The molecule has 1 amide bonds. The fraction of sp³-hybridized carbons (Fsp3) is 0.125. The molecule has 0 aliphatic rings. The van der Waals surface area contributed by atoms with Crippen LogP contribution in [0.25, 0.3) is 0 Å². The van der Waals surface area contributed by atoms with E-state index in [9.17, 15) is 9.59 Å². The maximum Gasteiger partial charge on any atom is 0.344 e. The molecule has 0 aliphatic heterocycles. The summed E-state index contributed by atoms with van der Waals surface area (Å²) < 4.78 is 0. The van der Waals surface area contributed by atoms with Gasteiger partial charge >= 0.3 is 5.97 Å². The van der Waals surface area contributed by atoms with E-state index in [1.807, 2.05) is 0 Å². The van der Waals surface area contributed by atoms with Gasteiger partial charge in [0.15, 0.2) is 5.71 Å². The maximum absolute atomic E-state index is 10.9. The minimum absolute atomic E-state index is 0.0775. The third-order valence-corrected chi connectivity index (χ3v) is 2.21. The van der Waals surface area contributed by atoms with Crippen LogP contribution in [0.2, 0.25) is 0 Å². The van der Waals surface area contributed by atoms with Gasteiger partial charge in [-0.05, 0) is 11.4 Å². The lowest BCUT2D eigenvalue weighted by atomic mass is 10.3. The number of aliphatic carboxylic acids is 1. The second-order valence-corrected chi connectivity index (χ2v) is 3.40. The Kier molecular flexibility index (Phi) is 3.81. The van der Waals surface area contributed by atoms with Gasteiger partial charge < -0.3 is 15.7 Å². The minimum atomic E-state index is -1.17. The number of hydrogen-bond donors (Lipinski definition) is 2. The lowest BCUT2D eigenvalue weighted by Crippen LogP contribution is -2.24. The molecule has 80 valence electrons. The Morgan fingerprint density at radius 1 is 1.60 bits per heavy atom. The van der Waals surface area contributed by atoms with Crippen LogP contribution in [0, 0.1) is 0 Å². The van der Waals surface area contributed by atoms with Gasteiger partial charge in [0.25, 0.3) is 5.91 Å². The van der Waals surface area contributed by atoms with E-state index in [2.05, 4.69) is 9.99 Å². The first kappa shape index (κ1) is 11.2. The standard InChI is InChI=1S/C8H8N2O4S/c9-8(13)7(5-2-1-3-15-5)10-14-4-6(11)12/h1-3H,4H2,(H2,9,13)(H,11,12)/b10-7-. The van der Waals surface area contributed by atoms with Crippen LogP contribution < -0.4 is 5.73 Å². The van der Waals surface area contributed by atoms with Crippen molar-refractivity contribution in [2.24, 2.45) is 10.9 Å². The third-order valence-electron chi connectivity index (χ3n) is 1.33. The molecule has 0 atom stereocenters. The molecule has 1 heterocycles. The smallest absolute Gasteiger partial charge is 0.344 e. The lowest BCUT2D eigenvalue weighted by molar-refractivity contribution is -0.142. The molecule has 0 unspecified atom stereocenters. The SMILES string of the molecule is NC(=O)/C(=N\OCC(=O)O)c1cccs1. The van der Waals surface area contributed by atoms with Gasteiger partial charge in [-0.3, -0.25) is 4.79 Å². The number of nitrogens with zero attached hydrogens (tertiary/aromatic N) is 1. The van der Waals surface area contributed by atoms with Gasteiger partial charge in [0.1, 0.15) is 0 Å². The Hall–Kier alpha value is -1.89. The highest BCUT2D eigenvalue weighted by molar-refractivity contribution is 7.13. The van der Waals surface area contributed by atoms with Crippen molar-refractivity contribution >= 4 is 28.9 Å². The molecule has 0 aromatic carbocycles. The summed E-state index contributed by atoms with van der Waals surface area (Å²) in [6.45, 7) is -0.609. The van der Waals surface area contributed by atoms with Crippen LogP contribution in [0.4, 0.5) is 0 Å². The van der Waals surface area contributed by atoms with Crippen molar-refractivity contribution in [3.63, 3.8) is 0 Å². The average Bonchev–Trinajstić information content (AvgIpc) is 2.63. The van der Waals surface area contributed by atoms with E-state index >= 15 is 0 Å². The van der Waals surface area contributed by atoms with Crippen LogP contribution in [0.1, 0.15) is 4.88 Å². The monoisotopic (exact) mass is 228 g/mol. The summed E-state index contributed by atoms with van der Waals surface area (Å²) in [7, 11) is 0. The molecule has 15 heavy (non-hydrogen) atoms. The first-order chi connectivity index (χ1) is 7.11. The Balaban J connectivity index is 2.75. The molecule has 0 saturated heterocycles. The topological polar surface area (TPSA) is 102 Å². The fourth-order valence-corrected chi connectivity index (χ4v) is 1.49. The van der Waals surface area contributed by atoms with Crippen LogP contribution in [-0.2, 0) is 14.4 Å². The van der Waals surface area contributed by atoms with E-state index in [0.717, 1.165) is 0 Å². The normalized spacial score (nSPS) is 11.1. The second kappa shape index (κ2) is 5.11. The van der Waals surface area contributed by atoms with Crippen molar-refractivity contribution in [3.8, 4) is 0 Å². The third kappa shape index (κ3) is 3.39. The van der Waals surface area contributed by atoms with E-state index < -0.39 is 18.5 Å². The number of carboxylic acids is 1.